The molecule has 0 aliphatic carbocycles. The van der Waals surface area contributed by atoms with Crippen LogP contribution in [0.25, 0.3) is 10.8 Å². The number of aryl methyl sites for hydroxylation is 1. The minimum atomic E-state index is -0.891. The Balaban J connectivity index is 2.50. The summed E-state index contributed by atoms with van der Waals surface area (Å²) in [5, 5.41) is 13.8. The molecule has 1 aromatic heterocycles. The molecule has 0 aliphatic rings. The number of nitrogens with zero attached hydrogens (tertiary/aromatic N) is 1. The van der Waals surface area contributed by atoms with Crippen molar-refractivity contribution in [1.82, 2.24) is 4.98 Å². The fourth-order valence-electron chi connectivity index (χ4n) is 1.79. The quantitative estimate of drug-likeness (QED) is 0.850. The van der Waals surface area contributed by atoms with Gasteiger partial charge in [0, 0.05) is 11.6 Å². The molecule has 0 saturated heterocycles. The van der Waals surface area contributed by atoms with E-state index in [4.69, 9.17) is 5.11 Å². The van der Waals surface area contributed by atoms with E-state index in [2.05, 4.69) is 10.3 Å². The highest BCUT2D eigenvalue weighted by molar-refractivity contribution is 5.95. The molecule has 1 atom stereocenters. The average Bonchev–Trinajstić information content (AvgIpc) is 2.29. The second kappa shape index (κ2) is 4.41. The number of aliphatic carboxylic acids is 1. The maximum Gasteiger partial charge on any atom is 0.325 e. The van der Waals surface area contributed by atoms with Crippen LogP contribution in [-0.2, 0) is 4.79 Å². The summed E-state index contributed by atoms with van der Waals surface area (Å²) >= 11 is 0. The van der Waals surface area contributed by atoms with Crippen molar-refractivity contribution in [2.24, 2.45) is 0 Å². The molecule has 0 aliphatic heterocycles. The molecule has 0 saturated carbocycles. The van der Waals surface area contributed by atoms with Gasteiger partial charge in [0.25, 0.3) is 0 Å². The minimum absolute atomic E-state index is 0.621. The van der Waals surface area contributed by atoms with Crippen molar-refractivity contribution in [3.63, 3.8) is 0 Å². The molecule has 1 aromatic carbocycles. The molecule has 17 heavy (non-hydrogen) atoms. The maximum atomic E-state index is 10.8. The van der Waals surface area contributed by atoms with Gasteiger partial charge in [-0.05, 0) is 30.9 Å². The Bertz CT molecular complexity index is 561. The molecule has 0 fully saturated rings. The van der Waals surface area contributed by atoms with E-state index in [1.165, 1.54) is 0 Å². The molecule has 2 rings (SSSR count). The van der Waals surface area contributed by atoms with Crippen LogP contribution >= 0.6 is 0 Å². The first kappa shape index (κ1) is 11.4. The lowest BCUT2D eigenvalue weighted by Crippen LogP contribution is -2.26. The van der Waals surface area contributed by atoms with Crippen LogP contribution in [0.4, 0.5) is 5.82 Å². The number of fused-ring (bicyclic) bond motifs is 1. The normalized spacial score (nSPS) is 12.4. The number of hydrogen-bond acceptors (Lipinski definition) is 3. The second-order valence-corrected chi connectivity index (χ2v) is 4.04. The molecular formula is C13H14N2O2. The van der Waals surface area contributed by atoms with Gasteiger partial charge in [0.1, 0.15) is 11.9 Å². The summed E-state index contributed by atoms with van der Waals surface area (Å²) in [6.07, 6.45) is 1.68. The first-order valence-electron chi connectivity index (χ1n) is 5.43. The van der Waals surface area contributed by atoms with Gasteiger partial charge in [-0.15, -0.1) is 0 Å². The van der Waals surface area contributed by atoms with Crippen LogP contribution in [0.5, 0.6) is 0 Å². The third kappa shape index (κ3) is 2.20. The smallest absolute Gasteiger partial charge is 0.325 e. The topological polar surface area (TPSA) is 62.2 Å². The second-order valence-electron chi connectivity index (χ2n) is 4.04. The van der Waals surface area contributed by atoms with E-state index < -0.39 is 12.0 Å². The number of pyridine rings is 1. The zero-order valence-electron chi connectivity index (χ0n) is 9.77. The van der Waals surface area contributed by atoms with Crippen LogP contribution in [0, 0.1) is 6.92 Å². The predicted molar refractivity (Wildman–Crippen MR) is 67.2 cm³/mol. The molecule has 0 radical (unpaired) electrons. The summed E-state index contributed by atoms with van der Waals surface area (Å²) in [6.45, 7) is 3.59. The maximum absolute atomic E-state index is 10.8. The van der Waals surface area contributed by atoms with Crippen LogP contribution in [0.3, 0.4) is 0 Å². The molecule has 1 unspecified atom stereocenters. The van der Waals surface area contributed by atoms with E-state index >= 15 is 0 Å². The van der Waals surface area contributed by atoms with Crippen molar-refractivity contribution in [1.29, 1.82) is 0 Å². The van der Waals surface area contributed by atoms with E-state index in [1.807, 2.05) is 31.2 Å². The number of aromatic nitrogens is 1. The minimum Gasteiger partial charge on any atom is -0.480 e. The number of carbonyl (C=O) groups is 1. The summed E-state index contributed by atoms with van der Waals surface area (Å²) in [6, 6.07) is 7.20. The number of hydrogen-bond donors (Lipinski definition) is 2. The SMILES string of the molecule is Cc1cccc2ccnc(NC(C)C(=O)O)c12. The van der Waals surface area contributed by atoms with Crippen molar-refractivity contribution < 1.29 is 9.90 Å². The number of rotatable bonds is 3. The van der Waals surface area contributed by atoms with Gasteiger partial charge >= 0.3 is 5.97 Å². The van der Waals surface area contributed by atoms with Crippen molar-refractivity contribution >= 4 is 22.6 Å². The molecule has 0 bridgehead atoms. The lowest BCUT2D eigenvalue weighted by molar-refractivity contribution is -0.137. The van der Waals surface area contributed by atoms with E-state index in [-0.39, 0.29) is 0 Å². The Labute approximate surface area is 99.3 Å². The third-order valence-corrected chi connectivity index (χ3v) is 2.72. The lowest BCUT2D eigenvalue weighted by atomic mass is 10.1. The summed E-state index contributed by atoms with van der Waals surface area (Å²) in [7, 11) is 0. The van der Waals surface area contributed by atoms with Gasteiger partial charge in [-0.2, -0.15) is 0 Å². The Hall–Kier alpha value is -2.10. The van der Waals surface area contributed by atoms with Crippen molar-refractivity contribution in [3.05, 3.63) is 36.0 Å². The zero-order chi connectivity index (χ0) is 12.4. The number of carboxylic acid groups (broad SMARTS) is 1. The number of anilines is 1. The van der Waals surface area contributed by atoms with Gasteiger partial charge in [0.05, 0.1) is 0 Å². The molecule has 1 heterocycles. The van der Waals surface area contributed by atoms with Crippen LogP contribution in [-0.4, -0.2) is 22.1 Å². The van der Waals surface area contributed by atoms with Gasteiger partial charge < -0.3 is 10.4 Å². The number of carboxylic acids is 1. The van der Waals surface area contributed by atoms with Crippen molar-refractivity contribution in [2.45, 2.75) is 19.9 Å². The summed E-state index contributed by atoms with van der Waals surface area (Å²) in [5.41, 5.74) is 1.08. The predicted octanol–water partition coefficient (Wildman–Crippen LogP) is 2.43. The molecule has 4 nitrogen and oxygen atoms in total. The highest BCUT2D eigenvalue weighted by Crippen LogP contribution is 2.24. The third-order valence-electron chi connectivity index (χ3n) is 2.72. The summed E-state index contributed by atoms with van der Waals surface area (Å²) in [5.74, 6) is -0.270. The van der Waals surface area contributed by atoms with Crippen LogP contribution < -0.4 is 5.32 Å². The van der Waals surface area contributed by atoms with Crippen molar-refractivity contribution in [3.8, 4) is 0 Å². The van der Waals surface area contributed by atoms with Gasteiger partial charge in [0.2, 0.25) is 0 Å². The van der Waals surface area contributed by atoms with Crippen LogP contribution in [0.2, 0.25) is 0 Å². The summed E-state index contributed by atoms with van der Waals surface area (Å²) < 4.78 is 0. The average molecular weight is 230 g/mol. The Kier molecular flexibility index (Phi) is 2.95. The molecule has 0 amide bonds. The molecule has 2 N–H and O–H groups in total. The lowest BCUT2D eigenvalue weighted by Gasteiger charge is -2.13. The molecule has 0 spiro atoms. The van der Waals surface area contributed by atoms with E-state index in [9.17, 15) is 4.79 Å². The standard InChI is InChI=1S/C13H14N2O2/c1-8-4-3-5-10-6-7-14-12(11(8)10)15-9(2)13(16)17/h3-7,9H,1-2H3,(H,14,15)(H,16,17). The van der Waals surface area contributed by atoms with Gasteiger partial charge in [-0.3, -0.25) is 4.79 Å². The number of nitrogens with one attached hydrogen (secondary N) is 1. The molecule has 4 heteroatoms. The monoisotopic (exact) mass is 230 g/mol. The molecular weight excluding hydrogens is 216 g/mol. The Morgan fingerprint density at radius 3 is 2.88 bits per heavy atom. The van der Waals surface area contributed by atoms with Gasteiger partial charge in [-0.25, -0.2) is 4.98 Å². The zero-order valence-corrected chi connectivity index (χ0v) is 9.77. The fourth-order valence-corrected chi connectivity index (χ4v) is 1.79. The van der Waals surface area contributed by atoms with Gasteiger partial charge in [0.15, 0.2) is 0 Å². The molecule has 88 valence electrons. The van der Waals surface area contributed by atoms with Crippen molar-refractivity contribution in [2.75, 3.05) is 5.32 Å². The fraction of sp³-hybridized carbons (Fsp3) is 0.231. The van der Waals surface area contributed by atoms with Crippen LogP contribution in [0.1, 0.15) is 12.5 Å². The van der Waals surface area contributed by atoms with E-state index in [1.54, 1.807) is 13.1 Å². The first-order valence-corrected chi connectivity index (χ1v) is 5.43. The Morgan fingerprint density at radius 2 is 2.18 bits per heavy atom. The van der Waals surface area contributed by atoms with Crippen LogP contribution in [0.15, 0.2) is 30.5 Å². The Morgan fingerprint density at radius 1 is 1.41 bits per heavy atom. The number of benzene rings is 1. The first-order chi connectivity index (χ1) is 8.09. The largest absolute Gasteiger partial charge is 0.480 e. The summed E-state index contributed by atoms with van der Waals surface area (Å²) in [4.78, 5) is 15.1. The van der Waals surface area contributed by atoms with Gasteiger partial charge in [-0.1, -0.05) is 18.2 Å². The molecule has 2 aromatic rings. The highest BCUT2D eigenvalue weighted by Gasteiger charge is 2.13. The van der Waals surface area contributed by atoms with E-state index in [0.29, 0.717) is 5.82 Å². The van der Waals surface area contributed by atoms with E-state index in [0.717, 1.165) is 16.3 Å². The highest BCUT2D eigenvalue weighted by atomic mass is 16.4.